The zero-order chi connectivity index (χ0) is 14.0. The lowest BCUT2D eigenvalue weighted by atomic mass is 9.99. The van der Waals surface area contributed by atoms with Crippen molar-refractivity contribution in [1.29, 1.82) is 0 Å². The molecule has 1 unspecified atom stereocenters. The van der Waals surface area contributed by atoms with Gasteiger partial charge in [0.15, 0.2) is 0 Å². The van der Waals surface area contributed by atoms with Gasteiger partial charge in [-0.2, -0.15) is 0 Å². The first-order valence-corrected chi connectivity index (χ1v) is 7.91. The second kappa shape index (κ2) is 6.47. The van der Waals surface area contributed by atoms with E-state index in [1.165, 1.54) is 11.3 Å². The summed E-state index contributed by atoms with van der Waals surface area (Å²) in [7, 11) is 0. The number of hydrogen-bond acceptors (Lipinski definition) is 2. The number of rotatable bonds is 4. The Labute approximate surface area is 132 Å². The Bertz CT molecular complexity index is 560. The van der Waals surface area contributed by atoms with E-state index in [0.29, 0.717) is 8.67 Å². The minimum Gasteiger partial charge on any atom is -0.306 e. The number of nitrogens with one attached hydrogen (secondary N) is 1. The third-order valence-corrected chi connectivity index (χ3v) is 4.54. The molecule has 1 N–H and O–H groups in total. The van der Waals surface area contributed by atoms with E-state index in [0.717, 1.165) is 28.3 Å². The van der Waals surface area contributed by atoms with Gasteiger partial charge in [0.1, 0.15) is 0 Å². The average molecular weight is 335 g/mol. The minimum atomic E-state index is 0.0126. The molecule has 1 aromatic carbocycles. The fraction of sp³-hybridized carbons (Fsp3) is 0.286. The summed E-state index contributed by atoms with van der Waals surface area (Å²) < 4.78 is 1.41. The topological polar surface area (TPSA) is 12.0 Å². The molecule has 1 atom stereocenters. The molecular weight excluding hydrogens is 321 g/mol. The van der Waals surface area contributed by atoms with Crippen molar-refractivity contribution in [3.63, 3.8) is 0 Å². The Kier molecular flexibility index (Phi) is 5.15. The van der Waals surface area contributed by atoms with E-state index in [2.05, 4.69) is 18.3 Å². The first kappa shape index (κ1) is 15.1. The summed E-state index contributed by atoms with van der Waals surface area (Å²) in [5.74, 6) is 0. The van der Waals surface area contributed by atoms with Crippen LogP contribution in [0.1, 0.15) is 29.7 Å². The summed E-state index contributed by atoms with van der Waals surface area (Å²) in [6, 6.07) is 7.94. The predicted molar refractivity (Wildman–Crippen MR) is 86.0 cm³/mol. The Morgan fingerprint density at radius 2 is 1.89 bits per heavy atom. The van der Waals surface area contributed by atoms with Crippen molar-refractivity contribution in [3.05, 3.63) is 54.7 Å². The van der Waals surface area contributed by atoms with E-state index in [9.17, 15) is 0 Å². The van der Waals surface area contributed by atoms with Crippen LogP contribution in [0.2, 0.25) is 13.7 Å². The highest BCUT2D eigenvalue weighted by atomic mass is 35.5. The van der Waals surface area contributed by atoms with Crippen molar-refractivity contribution in [2.75, 3.05) is 6.54 Å². The van der Waals surface area contributed by atoms with Crippen LogP contribution in [0.5, 0.6) is 0 Å². The largest absolute Gasteiger partial charge is 0.306 e. The highest BCUT2D eigenvalue weighted by Gasteiger charge is 2.19. The zero-order valence-corrected chi connectivity index (χ0v) is 13.7. The average Bonchev–Trinajstić information content (AvgIpc) is 2.64. The summed E-state index contributed by atoms with van der Waals surface area (Å²) in [4.78, 5) is 0. The Hall–Kier alpha value is -0.250. The van der Waals surface area contributed by atoms with Crippen LogP contribution in [0.15, 0.2) is 24.3 Å². The number of aryl methyl sites for hydroxylation is 1. The molecule has 0 radical (unpaired) electrons. The lowest BCUT2D eigenvalue weighted by molar-refractivity contribution is 0.632. The van der Waals surface area contributed by atoms with Crippen molar-refractivity contribution in [1.82, 2.24) is 5.32 Å². The fourth-order valence-electron chi connectivity index (χ4n) is 2.09. The molecule has 5 heteroatoms. The number of hydrogen-bond donors (Lipinski definition) is 1. The molecule has 1 nitrogen and oxygen atoms in total. The van der Waals surface area contributed by atoms with Crippen LogP contribution in [0.4, 0.5) is 0 Å². The SMILES string of the molecule is CCNC(c1cc(C)cc(Cl)c1)c1cc(Cl)sc1Cl. The van der Waals surface area contributed by atoms with Gasteiger partial charge in [-0.1, -0.05) is 47.8 Å². The Morgan fingerprint density at radius 3 is 2.42 bits per heavy atom. The first-order valence-electron chi connectivity index (χ1n) is 5.96. The molecular formula is C14H14Cl3NS. The van der Waals surface area contributed by atoms with Crippen LogP contribution in [0.25, 0.3) is 0 Å². The Morgan fingerprint density at radius 1 is 1.16 bits per heavy atom. The Balaban J connectivity index is 2.47. The van der Waals surface area contributed by atoms with E-state index >= 15 is 0 Å². The smallest absolute Gasteiger partial charge is 0.0995 e. The summed E-state index contributed by atoms with van der Waals surface area (Å²) in [5, 5.41) is 4.16. The van der Waals surface area contributed by atoms with Gasteiger partial charge in [-0.15, -0.1) is 11.3 Å². The van der Waals surface area contributed by atoms with Gasteiger partial charge in [0.2, 0.25) is 0 Å². The fourth-order valence-corrected chi connectivity index (χ4v) is 3.92. The molecule has 2 rings (SSSR count). The van der Waals surface area contributed by atoms with Crippen molar-refractivity contribution in [2.45, 2.75) is 19.9 Å². The maximum absolute atomic E-state index is 6.27. The second-order valence-corrected chi connectivity index (χ2v) is 7.05. The molecule has 0 saturated carbocycles. The summed E-state index contributed by atoms with van der Waals surface area (Å²) >= 11 is 19.8. The lowest BCUT2D eigenvalue weighted by Gasteiger charge is -2.19. The van der Waals surface area contributed by atoms with Crippen LogP contribution in [-0.2, 0) is 0 Å². The van der Waals surface area contributed by atoms with E-state index in [4.69, 9.17) is 34.8 Å². The molecule has 0 bridgehead atoms. The van der Waals surface area contributed by atoms with E-state index in [1.54, 1.807) is 0 Å². The molecule has 0 fully saturated rings. The van der Waals surface area contributed by atoms with Crippen molar-refractivity contribution in [3.8, 4) is 0 Å². The van der Waals surface area contributed by atoms with Crippen molar-refractivity contribution >= 4 is 46.1 Å². The molecule has 102 valence electrons. The molecule has 1 heterocycles. The van der Waals surface area contributed by atoms with Crippen LogP contribution < -0.4 is 5.32 Å². The molecule has 19 heavy (non-hydrogen) atoms. The normalized spacial score (nSPS) is 12.7. The van der Waals surface area contributed by atoms with Gasteiger partial charge in [0, 0.05) is 10.6 Å². The van der Waals surface area contributed by atoms with E-state index in [1.807, 2.05) is 25.1 Å². The number of halogens is 3. The van der Waals surface area contributed by atoms with Gasteiger partial charge in [-0.05, 0) is 42.8 Å². The summed E-state index contributed by atoms with van der Waals surface area (Å²) in [6.45, 7) is 4.92. The van der Waals surface area contributed by atoms with E-state index in [-0.39, 0.29) is 6.04 Å². The van der Waals surface area contributed by atoms with Gasteiger partial charge in [-0.25, -0.2) is 0 Å². The zero-order valence-electron chi connectivity index (χ0n) is 10.6. The highest BCUT2D eigenvalue weighted by molar-refractivity contribution is 7.20. The molecule has 1 aromatic heterocycles. The lowest BCUT2D eigenvalue weighted by Crippen LogP contribution is -2.21. The van der Waals surface area contributed by atoms with E-state index < -0.39 is 0 Å². The standard InChI is InChI=1S/C14H14Cl3NS/c1-3-18-13(11-7-12(16)19-14(11)17)9-4-8(2)5-10(15)6-9/h4-7,13,18H,3H2,1-2H3. The van der Waals surface area contributed by atoms with Gasteiger partial charge in [0.25, 0.3) is 0 Å². The molecule has 2 aromatic rings. The van der Waals surface area contributed by atoms with Crippen molar-refractivity contribution in [2.24, 2.45) is 0 Å². The first-order chi connectivity index (χ1) is 9.01. The predicted octanol–water partition coefficient (Wildman–Crippen LogP) is 5.72. The van der Waals surface area contributed by atoms with Gasteiger partial charge in [-0.3, -0.25) is 0 Å². The van der Waals surface area contributed by atoms with Gasteiger partial charge < -0.3 is 5.32 Å². The van der Waals surface area contributed by atoms with Crippen LogP contribution in [0.3, 0.4) is 0 Å². The van der Waals surface area contributed by atoms with Gasteiger partial charge >= 0.3 is 0 Å². The van der Waals surface area contributed by atoms with Crippen LogP contribution in [0, 0.1) is 6.92 Å². The van der Waals surface area contributed by atoms with Crippen LogP contribution in [-0.4, -0.2) is 6.54 Å². The minimum absolute atomic E-state index is 0.0126. The molecule has 0 aliphatic heterocycles. The molecule has 0 aliphatic carbocycles. The highest BCUT2D eigenvalue weighted by Crippen LogP contribution is 2.38. The monoisotopic (exact) mass is 333 g/mol. The summed E-state index contributed by atoms with van der Waals surface area (Å²) in [6.07, 6.45) is 0. The molecule has 0 spiro atoms. The maximum atomic E-state index is 6.27. The van der Waals surface area contributed by atoms with Gasteiger partial charge in [0.05, 0.1) is 14.7 Å². The van der Waals surface area contributed by atoms with Crippen LogP contribution >= 0.6 is 46.1 Å². The van der Waals surface area contributed by atoms with Crippen molar-refractivity contribution < 1.29 is 0 Å². The summed E-state index contributed by atoms with van der Waals surface area (Å²) in [5.41, 5.74) is 3.23. The molecule has 0 amide bonds. The second-order valence-electron chi connectivity index (χ2n) is 4.33. The molecule has 0 saturated heterocycles. The number of benzene rings is 1. The third-order valence-electron chi connectivity index (χ3n) is 2.80. The maximum Gasteiger partial charge on any atom is 0.0995 e. The molecule has 0 aliphatic rings. The number of thiophene rings is 1. The third kappa shape index (κ3) is 3.65. The quantitative estimate of drug-likeness (QED) is 0.754.